The molecule has 3 N–H and O–H groups in total. The maximum absolute atomic E-state index is 11.4. The molecule has 1 amide bonds. The van der Waals surface area contributed by atoms with E-state index in [2.05, 4.69) is 18.3 Å². The Kier molecular flexibility index (Phi) is 4.68. The molecular formula is C17H22N2O2. The summed E-state index contributed by atoms with van der Waals surface area (Å²) in [7, 11) is 1.65. The molecule has 0 saturated heterocycles. The van der Waals surface area contributed by atoms with Gasteiger partial charge in [0, 0.05) is 5.70 Å². The molecule has 112 valence electrons. The van der Waals surface area contributed by atoms with Gasteiger partial charge in [-0.15, -0.1) is 0 Å². The first-order valence-electron chi connectivity index (χ1n) is 7.14. The monoisotopic (exact) mass is 286 g/mol. The number of carbonyl (C=O) groups is 1. The fraction of sp³-hybridized carbons (Fsp3) is 0.353. The highest BCUT2D eigenvalue weighted by Crippen LogP contribution is 2.31. The van der Waals surface area contributed by atoms with E-state index in [-0.39, 0.29) is 11.8 Å². The molecule has 0 aromatic heterocycles. The molecule has 1 aromatic rings. The van der Waals surface area contributed by atoms with Gasteiger partial charge in [-0.25, -0.2) is 0 Å². The van der Waals surface area contributed by atoms with Crippen LogP contribution in [-0.4, -0.2) is 13.0 Å². The number of nitrogens with two attached hydrogens (primary N) is 1. The van der Waals surface area contributed by atoms with Gasteiger partial charge in [0.25, 0.3) is 0 Å². The third kappa shape index (κ3) is 3.45. The molecule has 4 heteroatoms. The van der Waals surface area contributed by atoms with Crippen LogP contribution in [0.2, 0.25) is 0 Å². The lowest BCUT2D eigenvalue weighted by molar-refractivity contribution is -0.120. The maximum atomic E-state index is 11.4. The van der Waals surface area contributed by atoms with Crippen LogP contribution in [0.3, 0.4) is 0 Å². The Hall–Kier alpha value is -2.23. The van der Waals surface area contributed by atoms with Gasteiger partial charge in [-0.1, -0.05) is 30.7 Å². The number of amides is 1. The standard InChI is InChI=1S/C17H22N2O2/c1-11-8-9-13(10-14(11)12(2)17(18)20)19-15-6-4-5-7-16(15)21-3/h4-7,9-12,19H,8H2,1-3H3,(H2,18,20). The molecule has 0 aliphatic heterocycles. The van der Waals surface area contributed by atoms with Crippen LogP contribution in [0.15, 0.2) is 47.7 Å². The smallest absolute Gasteiger partial charge is 0.224 e. The van der Waals surface area contributed by atoms with E-state index in [1.807, 2.05) is 37.3 Å². The van der Waals surface area contributed by atoms with Crippen LogP contribution in [0.5, 0.6) is 5.75 Å². The number of rotatable bonds is 5. The normalized spacial score (nSPS) is 19.3. The summed E-state index contributed by atoms with van der Waals surface area (Å²) in [4.78, 5) is 11.4. The van der Waals surface area contributed by atoms with Gasteiger partial charge >= 0.3 is 0 Å². The van der Waals surface area contributed by atoms with Crippen molar-refractivity contribution < 1.29 is 9.53 Å². The van der Waals surface area contributed by atoms with Crippen molar-refractivity contribution in [3.8, 4) is 5.75 Å². The number of methoxy groups -OCH3 is 1. The summed E-state index contributed by atoms with van der Waals surface area (Å²) >= 11 is 0. The number of anilines is 1. The van der Waals surface area contributed by atoms with Crippen LogP contribution in [0.4, 0.5) is 5.69 Å². The third-order valence-corrected chi connectivity index (χ3v) is 3.90. The van der Waals surface area contributed by atoms with Gasteiger partial charge in [0.05, 0.1) is 18.7 Å². The predicted molar refractivity (Wildman–Crippen MR) is 84.9 cm³/mol. The number of para-hydroxylation sites is 2. The third-order valence-electron chi connectivity index (χ3n) is 3.90. The van der Waals surface area contributed by atoms with Crippen molar-refractivity contribution in [3.05, 3.63) is 47.7 Å². The lowest BCUT2D eigenvalue weighted by Crippen LogP contribution is -2.26. The molecule has 0 radical (unpaired) electrons. The Morgan fingerprint density at radius 1 is 1.43 bits per heavy atom. The molecule has 2 atom stereocenters. The molecule has 21 heavy (non-hydrogen) atoms. The zero-order valence-electron chi connectivity index (χ0n) is 12.7. The van der Waals surface area contributed by atoms with Crippen molar-refractivity contribution in [1.29, 1.82) is 0 Å². The number of carbonyl (C=O) groups excluding carboxylic acids is 1. The van der Waals surface area contributed by atoms with Crippen molar-refractivity contribution in [1.82, 2.24) is 0 Å². The zero-order chi connectivity index (χ0) is 15.4. The van der Waals surface area contributed by atoms with Gasteiger partial charge < -0.3 is 15.8 Å². The molecule has 0 heterocycles. The molecule has 1 aliphatic carbocycles. The Morgan fingerprint density at radius 3 is 2.81 bits per heavy atom. The molecule has 2 rings (SSSR count). The first-order chi connectivity index (χ1) is 10.0. The van der Waals surface area contributed by atoms with E-state index in [0.29, 0.717) is 5.92 Å². The van der Waals surface area contributed by atoms with Gasteiger partial charge in [0.2, 0.25) is 5.91 Å². The Bertz CT molecular complexity index is 590. The summed E-state index contributed by atoms with van der Waals surface area (Å²) in [5.41, 5.74) is 8.38. The largest absolute Gasteiger partial charge is 0.495 e. The average Bonchev–Trinajstić information content (AvgIpc) is 2.49. The molecule has 1 aromatic carbocycles. The summed E-state index contributed by atoms with van der Waals surface area (Å²) in [6.07, 6.45) is 5.05. The van der Waals surface area contributed by atoms with Crippen LogP contribution in [-0.2, 0) is 4.79 Å². The summed E-state index contributed by atoms with van der Waals surface area (Å²) in [5, 5.41) is 3.35. The molecule has 0 saturated carbocycles. The van der Waals surface area contributed by atoms with Crippen LogP contribution in [0.25, 0.3) is 0 Å². The first kappa shape index (κ1) is 15.2. The topological polar surface area (TPSA) is 64.3 Å². The molecule has 4 nitrogen and oxygen atoms in total. The Labute approximate surface area is 125 Å². The fourth-order valence-electron chi connectivity index (χ4n) is 2.53. The van der Waals surface area contributed by atoms with Gasteiger partial charge in [-0.05, 0) is 37.5 Å². The van der Waals surface area contributed by atoms with Crippen molar-refractivity contribution in [2.75, 3.05) is 12.4 Å². The van der Waals surface area contributed by atoms with E-state index < -0.39 is 0 Å². The number of hydrogen-bond acceptors (Lipinski definition) is 3. The second-order valence-corrected chi connectivity index (χ2v) is 5.39. The number of nitrogens with one attached hydrogen (secondary N) is 1. The number of primary amides is 1. The van der Waals surface area contributed by atoms with Crippen LogP contribution in [0, 0.1) is 11.8 Å². The molecule has 1 aliphatic rings. The van der Waals surface area contributed by atoms with Crippen LogP contribution in [0.1, 0.15) is 20.3 Å². The Balaban J connectivity index is 2.23. The summed E-state index contributed by atoms with van der Waals surface area (Å²) in [6.45, 7) is 3.97. The van der Waals surface area contributed by atoms with Gasteiger partial charge in [0.1, 0.15) is 5.75 Å². The van der Waals surface area contributed by atoms with Gasteiger partial charge in [-0.3, -0.25) is 4.79 Å². The zero-order valence-corrected chi connectivity index (χ0v) is 12.7. The number of allylic oxidation sites excluding steroid dienone is 2. The van der Waals surface area contributed by atoms with Gasteiger partial charge in [0.15, 0.2) is 0 Å². The lowest BCUT2D eigenvalue weighted by atomic mass is 9.84. The fourth-order valence-corrected chi connectivity index (χ4v) is 2.53. The van der Waals surface area contributed by atoms with Crippen molar-refractivity contribution >= 4 is 11.6 Å². The maximum Gasteiger partial charge on any atom is 0.224 e. The molecular weight excluding hydrogens is 264 g/mol. The minimum atomic E-state index is -0.286. The highest BCUT2D eigenvalue weighted by Gasteiger charge is 2.22. The van der Waals surface area contributed by atoms with E-state index in [9.17, 15) is 4.79 Å². The molecule has 0 fully saturated rings. The summed E-state index contributed by atoms with van der Waals surface area (Å²) in [6, 6.07) is 7.75. The number of hydrogen-bond donors (Lipinski definition) is 2. The van der Waals surface area contributed by atoms with Crippen molar-refractivity contribution in [2.45, 2.75) is 20.3 Å². The van der Waals surface area contributed by atoms with Crippen LogP contribution >= 0.6 is 0 Å². The minimum absolute atomic E-state index is 0.247. The number of ether oxygens (including phenoxy) is 1. The summed E-state index contributed by atoms with van der Waals surface area (Å²) < 4.78 is 5.34. The SMILES string of the molecule is COc1ccccc1NC1=CCC(C)C(C(C)C(N)=O)=C1. The van der Waals surface area contributed by atoms with E-state index in [0.717, 1.165) is 29.1 Å². The molecule has 2 unspecified atom stereocenters. The molecule has 0 bridgehead atoms. The lowest BCUT2D eigenvalue weighted by Gasteiger charge is -2.24. The molecule has 0 spiro atoms. The van der Waals surface area contributed by atoms with E-state index in [4.69, 9.17) is 10.5 Å². The van der Waals surface area contributed by atoms with Crippen molar-refractivity contribution in [2.24, 2.45) is 17.6 Å². The number of benzene rings is 1. The van der Waals surface area contributed by atoms with Crippen LogP contribution < -0.4 is 15.8 Å². The highest BCUT2D eigenvalue weighted by atomic mass is 16.5. The van der Waals surface area contributed by atoms with Gasteiger partial charge in [-0.2, -0.15) is 0 Å². The van der Waals surface area contributed by atoms with E-state index >= 15 is 0 Å². The van der Waals surface area contributed by atoms with E-state index in [1.165, 1.54) is 0 Å². The Morgan fingerprint density at radius 2 is 2.14 bits per heavy atom. The quantitative estimate of drug-likeness (QED) is 0.874. The summed E-state index contributed by atoms with van der Waals surface area (Å²) in [5.74, 6) is 0.584. The van der Waals surface area contributed by atoms with Crippen molar-refractivity contribution in [3.63, 3.8) is 0 Å². The second kappa shape index (κ2) is 6.48. The van der Waals surface area contributed by atoms with E-state index in [1.54, 1.807) is 7.11 Å². The average molecular weight is 286 g/mol. The minimum Gasteiger partial charge on any atom is -0.495 e. The highest BCUT2D eigenvalue weighted by molar-refractivity contribution is 5.79. The predicted octanol–water partition coefficient (Wildman–Crippen LogP) is 3.08. The second-order valence-electron chi connectivity index (χ2n) is 5.39. The first-order valence-corrected chi connectivity index (χ1v) is 7.14.